The van der Waals surface area contributed by atoms with Crippen molar-refractivity contribution < 1.29 is 0 Å². The van der Waals surface area contributed by atoms with Gasteiger partial charge in [0.1, 0.15) is 0 Å². The molecule has 3 rings (SSSR count). The molecule has 2 nitrogen and oxygen atoms in total. The van der Waals surface area contributed by atoms with Crippen LogP contribution in [-0.4, -0.2) is 4.98 Å². The normalized spacial score (nSPS) is 10.8. The smallest absolute Gasteiger partial charge is 0.0751 e. The van der Waals surface area contributed by atoms with Gasteiger partial charge in [-0.05, 0) is 48.2 Å². The maximum absolute atomic E-state index is 4.48. The molecule has 0 atom stereocenters. The molecule has 0 bridgehead atoms. The Labute approximate surface area is 125 Å². The van der Waals surface area contributed by atoms with Crippen LogP contribution in [0.3, 0.4) is 0 Å². The summed E-state index contributed by atoms with van der Waals surface area (Å²) in [4.78, 5) is 4.48. The van der Waals surface area contributed by atoms with Crippen molar-refractivity contribution in [1.29, 1.82) is 0 Å². The van der Waals surface area contributed by atoms with Gasteiger partial charge in [0.05, 0.1) is 5.52 Å². The largest absolute Gasteiger partial charge is 0.380 e. The summed E-state index contributed by atoms with van der Waals surface area (Å²) in [5, 5.41) is 4.71. The number of aromatic nitrogens is 1. The Morgan fingerprint density at radius 2 is 1.71 bits per heavy atom. The highest BCUT2D eigenvalue weighted by atomic mass is 14.9. The van der Waals surface area contributed by atoms with E-state index in [-0.39, 0.29) is 0 Å². The van der Waals surface area contributed by atoms with Crippen molar-refractivity contribution in [3.63, 3.8) is 0 Å². The molecule has 0 spiro atoms. The summed E-state index contributed by atoms with van der Waals surface area (Å²) < 4.78 is 0. The van der Waals surface area contributed by atoms with Crippen LogP contribution in [0.15, 0.2) is 54.7 Å². The van der Waals surface area contributed by atoms with Crippen LogP contribution in [0, 0.1) is 6.92 Å². The maximum Gasteiger partial charge on any atom is 0.0751 e. The zero-order valence-corrected chi connectivity index (χ0v) is 12.6. The van der Waals surface area contributed by atoms with E-state index in [0.29, 0.717) is 0 Å². The van der Waals surface area contributed by atoms with Gasteiger partial charge >= 0.3 is 0 Å². The van der Waals surface area contributed by atoms with Crippen LogP contribution >= 0.6 is 0 Å². The van der Waals surface area contributed by atoms with Crippen LogP contribution in [0.25, 0.3) is 10.9 Å². The van der Waals surface area contributed by atoms with Crippen LogP contribution < -0.4 is 5.32 Å². The Balaban J connectivity index is 1.83. The molecule has 0 saturated heterocycles. The average Bonchev–Trinajstić information content (AvgIpc) is 2.55. The summed E-state index contributed by atoms with van der Waals surface area (Å²) in [7, 11) is 0. The van der Waals surface area contributed by atoms with Gasteiger partial charge in [-0.1, -0.05) is 37.3 Å². The standard InChI is InChI=1S/C19H20N2/c1-3-15-7-9-16(10-8-15)13-21-18-11-6-14(2)19-17(18)5-4-12-20-19/h4-12,21H,3,13H2,1-2H3. The molecule has 0 amide bonds. The van der Waals surface area contributed by atoms with Crippen LogP contribution in [0.1, 0.15) is 23.6 Å². The van der Waals surface area contributed by atoms with E-state index < -0.39 is 0 Å². The molecule has 1 heterocycles. The zero-order valence-electron chi connectivity index (χ0n) is 12.6. The Morgan fingerprint density at radius 3 is 2.48 bits per heavy atom. The van der Waals surface area contributed by atoms with Crippen molar-refractivity contribution >= 4 is 16.6 Å². The van der Waals surface area contributed by atoms with Crippen molar-refractivity contribution in [2.75, 3.05) is 5.32 Å². The predicted octanol–water partition coefficient (Wildman–Crippen LogP) is 4.72. The van der Waals surface area contributed by atoms with Crippen LogP contribution in [0.5, 0.6) is 0 Å². The molecule has 3 aromatic rings. The van der Waals surface area contributed by atoms with Crippen LogP contribution in [0.2, 0.25) is 0 Å². The van der Waals surface area contributed by atoms with Gasteiger partial charge in [0.25, 0.3) is 0 Å². The molecular formula is C19H20N2. The molecule has 0 aliphatic carbocycles. The van der Waals surface area contributed by atoms with Gasteiger partial charge in [-0.25, -0.2) is 0 Å². The lowest BCUT2D eigenvalue weighted by Crippen LogP contribution is -2.00. The second-order valence-electron chi connectivity index (χ2n) is 5.35. The predicted molar refractivity (Wildman–Crippen MR) is 89.6 cm³/mol. The van der Waals surface area contributed by atoms with Crippen LogP contribution in [-0.2, 0) is 13.0 Å². The first-order chi connectivity index (χ1) is 10.3. The Bertz CT molecular complexity index is 745. The molecule has 106 valence electrons. The molecule has 0 unspecified atom stereocenters. The molecule has 0 saturated carbocycles. The number of nitrogens with one attached hydrogen (secondary N) is 1. The lowest BCUT2D eigenvalue weighted by molar-refractivity contribution is 1.11. The molecule has 2 heteroatoms. The number of nitrogens with zero attached hydrogens (tertiary/aromatic N) is 1. The summed E-state index contributed by atoms with van der Waals surface area (Å²) in [5.74, 6) is 0. The topological polar surface area (TPSA) is 24.9 Å². The Morgan fingerprint density at radius 1 is 0.952 bits per heavy atom. The van der Waals surface area contributed by atoms with Gasteiger partial charge in [-0.15, -0.1) is 0 Å². The number of pyridine rings is 1. The highest BCUT2D eigenvalue weighted by Crippen LogP contribution is 2.25. The summed E-state index contributed by atoms with van der Waals surface area (Å²) in [6.45, 7) is 5.11. The first kappa shape index (κ1) is 13.6. The van der Waals surface area contributed by atoms with Gasteiger partial charge in [0.2, 0.25) is 0 Å². The second-order valence-corrected chi connectivity index (χ2v) is 5.35. The first-order valence-electron chi connectivity index (χ1n) is 7.44. The minimum Gasteiger partial charge on any atom is -0.380 e. The third-order valence-corrected chi connectivity index (χ3v) is 3.89. The van der Waals surface area contributed by atoms with E-state index in [4.69, 9.17) is 0 Å². The number of aryl methyl sites for hydroxylation is 2. The van der Waals surface area contributed by atoms with E-state index >= 15 is 0 Å². The van der Waals surface area contributed by atoms with Gasteiger partial charge in [0, 0.05) is 23.8 Å². The zero-order chi connectivity index (χ0) is 14.7. The lowest BCUT2D eigenvalue weighted by Gasteiger charge is -2.11. The van der Waals surface area contributed by atoms with Gasteiger partial charge in [0.15, 0.2) is 0 Å². The van der Waals surface area contributed by atoms with Crippen LogP contribution in [0.4, 0.5) is 5.69 Å². The monoisotopic (exact) mass is 276 g/mol. The van der Waals surface area contributed by atoms with E-state index in [1.807, 2.05) is 12.3 Å². The van der Waals surface area contributed by atoms with Gasteiger partial charge in [-0.3, -0.25) is 4.98 Å². The van der Waals surface area contributed by atoms with Gasteiger partial charge in [-0.2, -0.15) is 0 Å². The summed E-state index contributed by atoms with van der Waals surface area (Å²) in [5.41, 5.74) is 6.10. The van der Waals surface area contributed by atoms with E-state index in [1.54, 1.807) is 0 Å². The number of hydrogen-bond acceptors (Lipinski definition) is 2. The van der Waals surface area contributed by atoms with E-state index in [1.165, 1.54) is 22.1 Å². The number of anilines is 1. The molecule has 0 aliphatic rings. The van der Waals surface area contributed by atoms with E-state index in [0.717, 1.165) is 24.2 Å². The molecule has 0 fully saturated rings. The minimum atomic E-state index is 0.830. The molecular weight excluding hydrogens is 256 g/mol. The molecule has 0 radical (unpaired) electrons. The number of hydrogen-bond donors (Lipinski definition) is 1. The molecule has 1 N–H and O–H groups in total. The second kappa shape index (κ2) is 5.96. The highest BCUT2D eigenvalue weighted by molar-refractivity contribution is 5.93. The fourth-order valence-electron chi connectivity index (χ4n) is 2.56. The quantitative estimate of drug-likeness (QED) is 0.746. The number of benzene rings is 2. The third kappa shape index (κ3) is 2.89. The first-order valence-corrected chi connectivity index (χ1v) is 7.44. The molecule has 0 aliphatic heterocycles. The average molecular weight is 276 g/mol. The fraction of sp³-hybridized carbons (Fsp3) is 0.211. The van der Waals surface area contributed by atoms with Crippen molar-refractivity contribution in [3.05, 3.63) is 71.4 Å². The number of rotatable bonds is 4. The Kier molecular flexibility index (Phi) is 3.87. The van der Waals surface area contributed by atoms with Crippen molar-refractivity contribution in [1.82, 2.24) is 4.98 Å². The summed E-state index contributed by atoms with van der Waals surface area (Å²) in [6.07, 6.45) is 2.94. The van der Waals surface area contributed by atoms with E-state index in [9.17, 15) is 0 Å². The SMILES string of the molecule is CCc1ccc(CNc2ccc(C)c3ncccc23)cc1. The maximum atomic E-state index is 4.48. The van der Waals surface area contributed by atoms with E-state index in [2.05, 4.69) is 66.6 Å². The summed E-state index contributed by atoms with van der Waals surface area (Å²) >= 11 is 0. The highest BCUT2D eigenvalue weighted by Gasteiger charge is 2.04. The molecule has 1 aromatic heterocycles. The van der Waals surface area contributed by atoms with Crippen molar-refractivity contribution in [2.24, 2.45) is 0 Å². The summed E-state index contributed by atoms with van der Waals surface area (Å²) in [6, 6.07) is 17.2. The third-order valence-electron chi connectivity index (χ3n) is 3.89. The lowest BCUT2D eigenvalue weighted by atomic mass is 10.1. The van der Waals surface area contributed by atoms with Crippen molar-refractivity contribution in [3.8, 4) is 0 Å². The fourth-order valence-corrected chi connectivity index (χ4v) is 2.56. The van der Waals surface area contributed by atoms with Gasteiger partial charge < -0.3 is 5.32 Å². The molecule has 2 aromatic carbocycles. The minimum absolute atomic E-state index is 0.830. The van der Waals surface area contributed by atoms with Crippen molar-refractivity contribution in [2.45, 2.75) is 26.8 Å². The molecule has 21 heavy (non-hydrogen) atoms. The Hall–Kier alpha value is -2.35. The number of fused-ring (bicyclic) bond motifs is 1.